The van der Waals surface area contributed by atoms with Gasteiger partial charge in [-0.3, -0.25) is 0 Å². The third-order valence-electron chi connectivity index (χ3n) is 2.82. The van der Waals surface area contributed by atoms with E-state index in [2.05, 4.69) is 9.97 Å². The molecule has 0 fully saturated rings. The molecule has 19 heavy (non-hydrogen) atoms. The Labute approximate surface area is 110 Å². The summed E-state index contributed by atoms with van der Waals surface area (Å²) in [6, 6.07) is 5.67. The number of aromatic carboxylic acids is 1. The van der Waals surface area contributed by atoms with Gasteiger partial charge in [0.2, 0.25) is 0 Å². The van der Waals surface area contributed by atoms with Crippen LogP contribution in [0, 0.1) is 0 Å². The Balaban J connectivity index is 2.38. The third-order valence-corrected chi connectivity index (χ3v) is 2.82. The fourth-order valence-electron chi connectivity index (χ4n) is 1.78. The molecule has 0 saturated carbocycles. The summed E-state index contributed by atoms with van der Waals surface area (Å²) in [5.74, 6) is 0.297. The molecule has 0 amide bonds. The molecule has 2 rings (SSSR count). The Hall–Kier alpha value is -2.43. The van der Waals surface area contributed by atoms with Gasteiger partial charge in [0.05, 0.1) is 12.7 Å². The fourth-order valence-corrected chi connectivity index (χ4v) is 1.78. The number of carbonyl (C=O) groups is 1. The normalized spacial score (nSPS) is 10.2. The average molecular weight is 258 g/mol. The maximum absolute atomic E-state index is 10.7. The Morgan fingerprint density at radius 1 is 1.32 bits per heavy atom. The van der Waals surface area contributed by atoms with E-state index < -0.39 is 5.97 Å². The van der Waals surface area contributed by atoms with Crippen molar-refractivity contribution in [1.82, 2.24) is 9.97 Å². The van der Waals surface area contributed by atoms with Gasteiger partial charge in [0.15, 0.2) is 5.82 Å². The summed E-state index contributed by atoms with van der Waals surface area (Å²) in [6.07, 6.45) is 3.45. The molecule has 1 heterocycles. The lowest BCUT2D eigenvalue weighted by molar-refractivity contribution is 0.0696. The van der Waals surface area contributed by atoms with Crippen LogP contribution in [0.4, 0.5) is 0 Å². The number of aryl methyl sites for hydroxylation is 1. The van der Waals surface area contributed by atoms with Crippen molar-refractivity contribution in [3.63, 3.8) is 0 Å². The molecule has 1 aromatic heterocycles. The van der Waals surface area contributed by atoms with Crippen molar-refractivity contribution in [3.05, 3.63) is 41.7 Å². The van der Waals surface area contributed by atoms with Crippen molar-refractivity contribution in [2.75, 3.05) is 7.11 Å². The first-order valence-corrected chi connectivity index (χ1v) is 5.88. The molecular weight excluding hydrogens is 244 g/mol. The van der Waals surface area contributed by atoms with E-state index in [0.29, 0.717) is 5.82 Å². The number of carboxylic acid groups (broad SMARTS) is 1. The smallest absolute Gasteiger partial charge is 0.338 e. The maximum Gasteiger partial charge on any atom is 0.338 e. The summed E-state index contributed by atoms with van der Waals surface area (Å²) in [4.78, 5) is 18.9. The maximum atomic E-state index is 10.7. The summed E-state index contributed by atoms with van der Waals surface area (Å²) < 4.78 is 5.26. The van der Waals surface area contributed by atoms with Crippen LogP contribution in [0.2, 0.25) is 0 Å². The molecule has 0 aliphatic carbocycles. The molecule has 0 saturated heterocycles. The standard InChI is InChI=1S/C14H14N2O3/c1-3-9-6-10(4-5-12(9)19-2)13-15-7-11(8-16-13)14(17)18/h4-8H,3H2,1-2H3,(H,17,18). The van der Waals surface area contributed by atoms with Crippen LogP contribution in [0.5, 0.6) is 5.75 Å². The molecule has 0 bridgehead atoms. The van der Waals surface area contributed by atoms with E-state index in [4.69, 9.17) is 9.84 Å². The zero-order chi connectivity index (χ0) is 13.8. The molecule has 0 atom stereocenters. The van der Waals surface area contributed by atoms with E-state index in [1.54, 1.807) is 7.11 Å². The SMILES string of the molecule is CCc1cc(-c2ncc(C(=O)O)cn2)ccc1OC. The van der Waals surface area contributed by atoms with Gasteiger partial charge in [0.1, 0.15) is 5.75 Å². The lowest BCUT2D eigenvalue weighted by Crippen LogP contribution is -2.00. The molecule has 0 aliphatic rings. The van der Waals surface area contributed by atoms with E-state index >= 15 is 0 Å². The number of methoxy groups -OCH3 is 1. The van der Waals surface area contributed by atoms with Gasteiger partial charge in [-0.15, -0.1) is 0 Å². The molecule has 1 N–H and O–H groups in total. The number of benzene rings is 1. The van der Waals surface area contributed by atoms with E-state index in [1.807, 2.05) is 25.1 Å². The van der Waals surface area contributed by atoms with Crippen molar-refractivity contribution in [3.8, 4) is 17.1 Å². The van der Waals surface area contributed by atoms with Crippen molar-refractivity contribution in [2.45, 2.75) is 13.3 Å². The van der Waals surface area contributed by atoms with Gasteiger partial charge >= 0.3 is 5.97 Å². The van der Waals surface area contributed by atoms with Crippen molar-refractivity contribution >= 4 is 5.97 Å². The average Bonchev–Trinajstić information content (AvgIpc) is 2.46. The molecule has 0 aliphatic heterocycles. The van der Waals surface area contributed by atoms with Gasteiger partial charge in [-0.05, 0) is 30.2 Å². The largest absolute Gasteiger partial charge is 0.496 e. The zero-order valence-corrected chi connectivity index (χ0v) is 10.8. The summed E-state index contributed by atoms with van der Waals surface area (Å²) in [5, 5.41) is 8.80. The van der Waals surface area contributed by atoms with E-state index in [1.165, 1.54) is 12.4 Å². The van der Waals surface area contributed by atoms with Crippen LogP contribution in [0.25, 0.3) is 11.4 Å². The van der Waals surface area contributed by atoms with Crippen molar-refractivity contribution < 1.29 is 14.6 Å². The number of nitrogens with zero attached hydrogens (tertiary/aromatic N) is 2. The van der Waals surface area contributed by atoms with Gasteiger partial charge < -0.3 is 9.84 Å². The Morgan fingerprint density at radius 2 is 2.00 bits per heavy atom. The summed E-state index contributed by atoms with van der Waals surface area (Å²) in [7, 11) is 1.63. The second-order valence-corrected chi connectivity index (χ2v) is 3.98. The predicted molar refractivity (Wildman–Crippen MR) is 70.4 cm³/mol. The lowest BCUT2D eigenvalue weighted by atomic mass is 10.1. The first-order valence-electron chi connectivity index (χ1n) is 5.88. The first kappa shape index (κ1) is 13.0. The monoisotopic (exact) mass is 258 g/mol. The van der Waals surface area contributed by atoms with E-state index in [-0.39, 0.29) is 5.56 Å². The number of aromatic nitrogens is 2. The van der Waals surface area contributed by atoms with Crippen LogP contribution in [0.1, 0.15) is 22.8 Å². The Kier molecular flexibility index (Phi) is 3.75. The number of hydrogen-bond donors (Lipinski definition) is 1. The molecule has 5 heteroatoms. The Morgan fingerprint density at radius 3 is 2.53 bits per heavy atom. The van der Waals surface area contributed by atoms with Crippen molar-refractivity contribution in [2.24, 2.45) is 0 Å². The van der Waals surface area contributed by atoms with Crippen LogP contribution in [0.15, 0.2) is 30.6 Å². The van der Waals surface area contributed by atoms with Crippen LogP contribution in [0.3, 0.4) is 0 Å². The number of hydrogen-bond acceptors (Lipinski definition) is 4. The van der Waals surface area contributed by atoms with Gasteiger partial charge in [0, 0.05) is 18.0 Å². The molecular formula is C14H14N2O3. The van der Waals surface area contributed by atoms with Crippen molar-refractivity contribution in [1.29, 1.82) is 0 Å². The highest BCUT2D eigenvalue weighted by Gasteiger charge is 2.08. The highest BCUT2D eigenvalue weighted by atomic mass is 16.5. The molecule has 0 unspecified atom stereocenters. The van der Waals surface area contributed by atoms with Crippen LogP contribution in [-0.4, -0.2) is 28.2 Å². The molecule has 98 valence electrons. The third kappa shape index (κ3) is 2.70. The second kappa shape index (κ2) is 5.48. The lowest BCUT2D eigenvalue weighted by Gasteiger charge is -2.08. The predicted octanol–water partition coefficient (Wildman–Crippen LogP) is 2.41. The Bertz CT molecular complexity index is 594. The number of carboxylic acids is 1. The van der Waals surface area contributed by atoms with Gasteiger partial charge in [-0.1, -0.05) is 6.92 Å². The van der Waals surface area contributed by atoms with Gasteiger partial charge in [0.25, 0.3) is 0 Å². The fraction of sp³-hybridized carbons (Fsp3) is 0.214. The zero-order valence-electron chi connectivity index (χ0n) is 10.8. The van der Waals surface area contributed by atoms with Crippen LogP contribution < -0.4 is 4.74 Å². The highest BCUT2D eigenvalue weighted by molar-refractivity contribution is 5.86. The molecule has 2 aromatic rings. The van der Waals surface area contributed by atoms with Crippen LogP contribution in [-0.2, 0) is 6.42 Å². The molecule has 0 spiro atoms. The highest BCUT2D eigenvalue weighted by Crippen LogP contribution is 2.24. The first-order chi connectivity index (χ1) is 9.15. The number of rotatable bonds is 4. The molecule has 0 radical (unpaired) electrons. The van der Waals surface area contributed by atoms with Gasteiger partial charge in [-0.2, -0.15) is 0 Å². The quantitative estimate of drug-likeness (QED) is 0.911. The van der Waals surface area contributed by atoms with Gasteiger partial charge in [-0.25, -0.2) is 14.8 Å². The second-order valence-electron chi connectivity index (χ2n) is 3.98. The topological polar surface area (TPSA) is 72.3 Å². The minimum atomic E-state index is -1.03. The summed E-state index contributed by atoms with van der Waals surface area (Å²) in [6.45, 7) is 2.04. The van der Waals surface area contributed by atoms with E-state index in [0.717, 1.165) is 23.3 Å². The summed E-state index contributed by atoms with van der Waals surface area (Å²) >= 11 is 0. The minimum Gasteiger partial charge on any atom is -0.496 e. The minimum absolute atomic E-state index is 0.0768. The molecule has 5 nitrogen and oxygen atoms in total. The van der Waals surface area contributed by atoms with E-state index in [9.17, 15) is 4.79 Å². The number of ether oxygens (including phenoxy) is 1. The van der Waals surface area contributed by atoms with Crippen LogP contribution >= 0.6 is 0 Å². The molecule has 1 aromatic carbocycles. The summed E-state index contributed by atoms with van der Waals surface area (Å²) in [5.41, 5.74) is 1.98.